The number of nitrogens with two attached hydrogens (primary N) is 1. The van der Waals surface area contributed by atoms with Crippen LogP contribution in [-0.4, -0.2) is 68.6 Å². The molecule has 0 radical (unpaired) electrons. The van der Waals surface area contributed by atoms with Crippen molar-refractivity contribution in [1.82, 2.24) is 15.1 Å². The molecule has 0 spiro atoms. The van der Waals surface area contributed by atoms with E-state index in [1.54, 1.807) is 0 Å². The summed E-state index contributed by atoms with van der Waals surface area (Å²) in [6.07, 6.45) is 0. The Hall–Kier alpha value is -0.650. The van der Waals surface area contributed by atoms with E-state index in [0.717, 1.165) is 39.3 Å². The minimum Gasteiger partial charge on any atom is -0.369 e. The first kappa shape index (κ1) is 14.4. The molecular formula is C12H26N4O. The Balaban J connectivity index is 2.10. The van der Waals surface area contributed by atoms with Gasteiger partial charge >= 0.3 is 0 Å². The number of piperazine rings is 1. The van der Waals surface area contributed by atoms with Crippen molar-refractivity contribution in [3.63, 3.8) is 0 Å². The van der Waals surface area contributed by atoms with Crippen molar-refractivity contribution < 1.29 is 4.79 Å². The molecule has 0 aromatic heterocycles. The summed E-state index contributed by atoms with van der Waals surface area (Å²) < 4.78 is 0. The quantitative estimate of drug-likeness (QED) is 0.607. The van der Waals surface area contributed by atoms with Crippen LogP contribution in [0.25, 0.3) is 0 Å². The number of likely N-dealkylation sites (N-methyl/N-ethyl adjacent to an activating group) is 1. The maximum atomic E-state index is 11.1. The number of carbonyl (C=O) groups is 1. The zero-order valence-corrected chi connectivity index (χ0v) is 11.3. The molecule has 0 bridgehead atoms. The van der Waals surface area contributed by atoms with E-state index in [2.05, 4.69) is 22.2 Å². The van der Waals surface area contributed by atoms with Gasteiger partial charge in [0.05, 0.1) is 5.41 Å². The minimum absolute atomic E-state index is 0.246. The van der Waals surface area contributed by atoms with Gasteiger partial charge in [0.15, 0.2) is 0 Å². The van der Waals surface area contributed by atoms with Crippen LogP contribution >= 0.6 is 0 Å². The smallest absolute Gasteiger partial charge is 0.224 e. The summed E-state index contributed by atoms with van der Waals surface area (Å²) in [4.78, 5) is 15.9. The summed E-state index contributed by atoms with van der Waals surface area (Å²) in [5, 5.41) is 3.31. The second-order valence-electron chi connectivity index (χ2n) is 5.57. The molecule has 0 unspecified atom stereocenters. The van der Waals surface area contributed by atoms with Crippen molar-refractivity contribution in [3.05, 3.63) is 0 Å². The van der Waals surface area contributed by atoms with Crippen LogP contribution in [0.1, 0.15) is 13.8 Å². The molecule has 100 valence electrons. The summed E-state index contributed by atoms with van der Waals surface area (Å²) in [7, 11) is 2.16. The van der Waals surface area contributed by atoms with Crippen LogP contribution in [-0.2, 0) is 4.79 Å². The van der Waals surface area contributed by atoms with E-state index in [4.69, 9.17) is 5.73 Å². The summed E-state index contributed by atoms with van der Waals surface area (Å²) in [6.45, 7) is 10.9. The van der Waals surface area contributed by atoms with E-state index >= 15 is 0 Å². The van der Waals surface area contributed by atoms with Crippen molar-refractivity contribution in [2.24, 2.45) is 11.1 Å². The number of nitrogens with zero attached hydrogens (tertiary/aromatic N) is 2. The fourth-order valence-electron chi connectivity index (χ4n) is 1.80. The van der Waals surface area contributed by atoms with Gasteiger partial charge in [0.2, 0.25) is 5.91 Å². The number of amides is 1. The van der Waals surface area contributed by atoms with Crippen molar-refractivity contribution >= 4 is 5.91 Å². The molecule has 1 heterocycles. The maximum absolute atomic E-state index is 11.1. The topological polar surface area (TPSA) is 61.6 Å². The Bertz CT molecular complexity index is 247. The van der Waals surface area contributed by atoms with Gasteiger partial charge in [-0.25, -0.2) is 0 Å². The van der Waals surface area contributed by atoms with Crippen molar-refractivity contribution in [2.45, 2.75) is 13.8 Å². The van der Waals surface area contributed by atoms with E-state index in [9.17, 15) is 4.79 Å². The second-order valence-corrected chi connectivity index (χ2v) is 5.57. The molecule has 1 rings (SSSR count). The largest absolute Gasteiger partial charge is 0.369 e. The first-order chi connectivity index (χ1) is 7.92. The fourth-order valence-corrected chi connectivity index (χ4v) is 1.80. The zero-order valence-electron chi connectivity index (χ0n) is 11.3. The normalized spacial score (nSPS) is 19.5. The fraction of sp³-hybridized carbons (Fsp3) is 0.917. The first-order valence-electron chi connectivity index (χ1n) is 6.33. The van der Waals surface area contributed by atoms with Crippen molar-refractivity contribution in [3.8, 4) is 0 Å². The van der Waals surface area contributed by atoms with E-state index in [1.165, 1.54) is 0 Å². The highest BCUT2D eigenvalue weighted by molar-refractivity contribution is 5.80. The van der Waals surface area contributed by atoms with Crippen LogP contribution in [0.5, 0.6) is 0 Å². The molecule has 0 aromatic carbocycles. The third-order valence-electron chi connectivity index (χ3n) is 3.43. The number of hydrogen-bond donors (Lipinski definition) is 2. The average Bonchev–Trinajstić information content (AvgIpc) is 2.26. The SMILES string of the molecule is CN1CCN(CCNCC(C)(C)C(N)=O)CC1. The van der Waals surface area contributed by atoms with Gasteiger partial charge < -0.3 is 16.0 Å². The number of nitrogens with one attached hydrogen (secondary N) is 1. The van der Waals surface area contributed by atoms with Crippen LogP contribution in [0, 0.1) is 5.41 Å². The monoisotopic (exact) mass is 242 g/mol. The number of hydrogen-bond acceptors (Lipinski definition) is 4. The van der Waals surface area contributed by atoms with Crippen LogP contribution < -0.4 is 11.1 Å². The number of carbonyl (C=O) groups excluding carboxylic acids is 1. The molecular weight excluding hydrogens is 216 g/mol. The predicted molar refractivity (Wildman–Crippen MR) is 69.8 cm³/mol. The molecule has 0 saturated carbocycles. The Labute approximate surface area is 104 Å². The molecule has 1 aliphatic heterocycles. The van der Waals surface area contributed by atoms with E-state index < -0.39 is 5.41 Å². The second kappa shape index (κ2) is 6.33. The van der Waals surface area contributed by atoms with Crippen molar-refractivity contribution in [1.29, 1.82) is 0 Å². The zero-order chi connectivity index (χ0) is 12.9. The first-order valence-corrected chi connectivity index (χ1v) is 6.33. The Morgan fingerprint density at radius 1 is 1.29 bits per heavy atom. The van der Waals surface area contributed by atoms with Crippen molar-refractivity contribution in [2.75, 3.05) is 52.9 Å². The number of rotatable bonds is 6. The molecule has 1 saturated heterocycles. The molecule has 5 nitrogen and oxygen atoms in total. The molecule has 0 aliphatic carbocycles. The third-order valence-corrected chi connectivity index (χ3v) is 3.43. The van der Waals surface area contributed by atoms with Gasteiger partial charge in [-0.2, -0.15) is 0 Å². The summed E-state index contributed by atoms with van der Waals surface area (Å²) in [6, 6.07) is 0. The summed E-state index contributed by atoms with van der Waals surface area (Å²) in [5.41, 5.74) is 4.86. The molecule has 0 aromatic rings. The van der Waals surface area contributed by atoms with Gasteiger partial charge in [0.25, 0.3) is 0 Å². The molecule has 0 atom stereocenters. The Kier molecular flexibility index (Phi) is 5.36. The van der Waals surface area contributed by atoms with E-state index in [0.29, 0.717) is 6.54 Å². The van der Waals surface area contributed by atoms with Crippen LogP contribution in [0.2, 0.25) is 0 Å². The van der Waals surface area contributed by atoms with Crippen LogP contribution in [0.3, 0.4) is 0 Å². The van der Waals surface area contributed by atoms with Gasteiger partial charge in [0.1, 0.15) is 0 Å². The maximum Gasteiger partial charge on any atom is 0.224 e. The van der Waals surface area contributed by atoms with E-state index in [1.807, 2.05) is 13.8 Å². The summed E-state index contributed by atoms with van der Waals surface area (Å²) in [5.74, 6) is -0.246. The van der Waals surface area contributed by atoms with Gasteiger partial charge in [-0.05, 0) is 20.9 Å². The molecule has 1 fully saturated rings. The average molecular weight is 242 g/mol. The highest BCUT2D eigenvalue weighted by Gasteiger charge is 2.24. The highest BCUT2D eigenvalue weighted by atomic mass is 16.1. The van der Waals surface area contributed by atoms with Gasteiger partial charge in [-0.15, -0.1) is 0 Å². The lowest BCUT2D eigenvalue weighted by Crippen LogP contribution is -2.47. The van der Waals surface area contributed by atoms with Gasteiger partial charge in [-0.1, -0.05) is 0 Å². The lowest BCUT2D eigenvalue weighted by atomic mass is 9.93. The minimum atomic E-state index is -0.456. The standard InChI is InChI=1S/C12H26N4O/c1-12(2,11(13)17)10-14-4-5-16-8-6-15(3)7-9-16/h14H,4-10H2,1-3H3,(H2,13,17). The number of primary amides is 1. The lowest BCUT2D eigenvalue weighted by molar-refractivity contribution is -0.125. The summed E-state index contributed by atoms with van der Waals surface area (Å²) >= 11 is 0. The lowest BCUT2D eigenvalue weighted by Gasteiger charge is -2.32. The molecule has 3 N–H and O–H groups in total. The molecule has 17 heavy (non-hydrogen) atoms. The highest BCUT2D eigenvalue weighted by Crippen LogP contribution is 2.11. The van der Waals surface area contributed by atoms with Crippen LogP contribution in [0.15, 0.2) is 0 Å². The predicted octanol–water partition coefficient (Wildman–Crippen LogP) is -0.665. The molecule has 1 aliphatic rings. The molecule has 5 heteroatoms. The van der Waals surface area contributed by atoms with Crippen LogP contribution in [0.4, 0.5) is 0 Å². The third kappa shape index (κ3) is 5.02. The Morgan fingerprint density at radius 2 is 1.88 bits per heavy atom. The Morgan fingerprint density at radius 3 is 2.41 bits per heavy atom. The van der Waals surface area contributed by atoms with E-state index in [-0.39, 0.29) is 5.91 Å². The van der Waals surface area contributed by atoms with Gasteiger partial charge in [0, 0.05) is 45.8 Å². The van der Waals surface area contributed by atoms with Gasteiger partial charge in [-0.3, -0.25) is 9.69 Å². The molecule has 1 amide bonds.